The fourth-order valence-electron chi connectivity index (χ4n) is 1.59. The molecule has 1 aromatic heterocycles. The predicted molar refractivity (Wildman–Crippen MR) is 67.1 cm³/mol. The Hall–Kier alpha value is -0.970. The highest BCUT2D eigenvalue weighted by Crippen LogP contribution is 2.29. The summed E-state index contributed by atoms with van der Waals surface area (Å²) in [7, 11) is 0. The molecule has 0 aromatic carbocycles. The molecule has 0 bridgehead atoms. The average Bonchev–Trinajstić information content (AvgIpc) is 2.28. The van der Waals surface area contributed by atoms with Crippen LogP contribution in [0.5, 0.6) is 0 Å². The van der Waals surface area contributed by atoms with Crippen LogP contribution in [0.3, 0.4) is 0 Å². The summed E-state index contributed by atoms with van der Waals surface area (Å²) in [6, 6.07) is 2.62. The molecule has 0 fully saturated rings. The average molecular weight is 281 g/mol. The summed E-state index contributed by atoms with van der Waals surface area (Å²) < 4.78 is 37.2. The molecule has 1 aromatic rings. The predicted octanol–water partition coefficient (Wildman–Crippen LogP) is 3.94. The van der Waals surface area contributed by atoms with Gasteiger partial charge in [-0.05, 0) is 32.4 Å². The minimum Gasteiger partial charge on any atom is -0.354 e. The van der Waals surface area contributed by atoms with Crippen molar-refractivity contribution >= 4 is 17.4 Å². The minimum absolute atomic E-state index is 0.164. The van der Waals surface area contributed by atoms with Crippen LogP contribution in [0.4, 0.5) is 19.0 Å². The molecule has 102 valence electrons. The molecule has 18 heavy (non-hydrogen) atoms. The molecule has 0 saturated carbocycles. The molecule has 6 heteroatoms. The van der Waals surface area contributed by atoms with Crippen LogP contribution in [0.15, 0.2) is 18.3 Å². The van der Waals surface area contributed by atoms with E-state index in [4.69, 9.17) is 11.6 Å². The minimum atomic E-state index is -4.34. The highest BCUT2D eigenvalue weighted by Gasteiger charge is 2.30. The Labute approximate surface area is 110 Å². The maximum Gasteiger partial charge on any atom is 0.417 e. The van der Waals surface area contributed by atoms with Crippen molar-refractivity contribution < 1.29 is 13.2 Å². The van der Waals surface area contributed by atoms with Crippen LogP contribution in [0.1, 0.15) is 25.8 Å². The Kier molecular flexibility index (Phi) is 5.26. The number of halogens is 4. The van der Waals surface area contributed by atoms with Crippen LogP contribution in [0.2, 0.25) is 0 Å². The zero-order chi connectivity index (χ0) is 13.8. The molecule has 1 rings (SSSR count). The van der Waals surface area contributed by atoms with E-state index < -0.39 is 11.7 Å². The molecular formula is C12H16ClF3N2. The smallest absolute Gasteiger partial charge is 0.354 e. The quantitative estimate of drug-likeness (QED) is 0.760. The van der Waals surface area contributed by atoms with Crippen molar-refractivity contribution in [3.63, 3.8) is 0 Å². The first-order valence-corrected chi connectivity index (χ1v) is 6.25. The lowest BCUT2D eigenvalue weighted by Gasteiger charge is -2.27. The topological polar surface area (TPSA) is 16.1 Å². The number of hydrogen-bond acceptors (Lipinski definition) is 2. The van der Waals surface area contributed by atoms with E-state index in [9.17, 15) is 13.2 Å². The molecular weight excluding hydrogens is 265 g/mol. The largest absolute Gasteiger partial charge is 0.417 e. The first-order chi connectivity index (χ1) is 8.36. The summed E-state index contributed by atoms with van der Waals surface area (Å²) >= 11 is 5.63. The van der Waals surface area contributed by atoms with Crippen LogP contribution in [0.25, 0.3) is 0 Å². The van der Waals surface area contributed by atoms with Gasteiger partial charge in [-0.1, -0.05) is 0 Å². The van der Waals surface area contributed by atoms with Gasteiger partial charge < -0.3 is 4.90 Å². The van der Waals surface area contributed by atoms with Crippen LogP contribution in [-0.2, 0) is 6.18 Å². The number of alkyl halides is 4. The lowest BCUT2D eigenvalue weighted by molar-refractivity contribution is -0.137. The fourth-order valence-corrected chi connectivity index (χ4v) is 1.71. The van der Waals surface area contributed by atoms with Crippen LogP contribution in [-0.4, -0.2) is 23.5 Å². The van der Waals surface area contributed by atoms with Gasteiger partial charge in [0.15, 0.2) is 0 Å². The van der Waals surface area contributed by atoms with Crippen molar-refractivity contribution in [2.24, 2.45) is 0 Å². The van der Waals surface area contributed by atoms with Crippen molar-refractivity contribution in [3.05, 3.63) is 23.9 Å². The molecule has 0 aliphatic carbocycles. The van der Waals surface area contributed by atoms with E-state index in [1.54, 1.807) is 0 Å². The van der Waals surface area contributed by atoms with Crippen molar-refractivity contribution in [2.75, 3.05) is 17.3 Å². The summed E-state index contributed by atoms with van der Waals surface area (Å²) in [6.07, 6.45) is -2.71. The van der Waals surface area contributed by atoms with Crippen LogP contribution < -0.4 is 4.90 Å². The van der Waals surface area contributed by atoms with Crippen molar-refractivity contribution in [3.8, 4) is 0 Å². The zero-order valence-electron chi connectivity index (χ0n) is 10.3. The number of hydrogen-bond donors (Lipinski definition) is 0. The second-order valence-electron chi connectivity index (χ2n) is 4.23. The molecule has 1 heterocycles. The molecule has 2 nitrogen and oxygen atoms in total. The van der Waals surface area contributed by atoms with Gasteiger partial charge in [0.1, 0.15) is 5.82 Å². The van der Waals surface area contributed by atoms with Gasteiger partial charge in [-0.3, -0.25) is 0 Å². The van der Waals surface area contributed by atoms with Gasteiger partial charge in [-0.25, -0.2) is 4.98 Å². The SMILES string of the molecule is CC(C)N(CCCCl)c1ccc(C(F)(F)F)cn1. The second kappa shape index (κ2) is 6.27. The van der Waals surface area contributed by atoms with Gasteiger partial charge in [0.2, 0.25) is 0 Å². The normalized spacial score (nSPS) is 11.9. The summed E-state index contributed by atoms with van der Waals surface area (Å²) in [6.45, 7) is 4.61. The Morgan fingerprint density at radius 3 is 2.39 bits per heavy atom. The van der Waals surface area contributed by atoms with Crippen LogP contribution in [0, 0.1) is 0 Å². The van der Waals surface area contributed by atoms with Gasteiger partial charge >= 0.3 is 6.18 Å². The molecule has 0 amide bonds. The maximum atomic E-state index is 12.4. The Bertz CT molecular complexity index is 363. The molecule has 0 atom stereocenters. The van der Waals surface area contributed by atoms with Crippen LogP contribution >= 0.6 is 11.6 Å². The third-order valence-electron chi connectivity index (χ3n) is 2.53. The Balaban J connectivity index is 2.87. The first kappa shape index (κ1) is 15.1. The highest BCUT2D eigenvalue weighted by molar-refractivity contribution is 6.17. The van der Waals surface area contributed by atoms with E-state index >= 15 is 0 Å². The number of nitrogens with zero attached hydrogens (tertiary/aromatic N) is 2. The summed E-state index contributed by atoms with van der Waals surface area (Å²) in [5.41, 5.74) is -0.729. The standard InChI is InChI=1S/C12H16ClF3N2/c1-9(2)18(7-3-6-13)11-5-4-10(8-17-11)12(14,15)16/h4-5,8-9H,3,6-7H2,1-2H3. The molecule has 0 saturated heterocycles. The summed E-state index contributed by atoms with van der Waals surface area (Å²) in [5.74, 6) is 1.06. The summed E-state index contributed by atoms with van der Waals surface area (Å²) in [4.78, 5) is 5.82. The van der Waals surface area contributed by atoms with Gasteiger partial charge in [0.05, 0.1) is 5.56 Å². The monoisotopic (exact) mass is 280 g/mol. The zero-order valence-corrected chi connectivity index (χ0v) is 11.1. The van der Waals surface area contributed by atoms with Crippen molar-refractivity contribution in [1.29, 1.82) is 0 Å². The van der Waals surface area contributed by atoms with Gasteiger partial charge in [0, 0.05) is 24.7 Å². The number of rotatable bonds is 5. The second-order valence-corrected chi connectivity index (χ2v) is 4.61. The van der Waals surface area contributed by atoms with E-state index in [1.807, 2.05) is 18.7 Å². The number of pyridine rings is 1. The lowest BCUT2D eigenvalue weighted by atomic mass is 10.2. The van der Waals surface area contributed by atoms with Gasteiger partial charge in [0.25, 0.3) is 0 Å². The highest BCUT2D eigenvalue weighted by atomic mass is 35.5. The van der Waals surface area contributed by atoms with Crippen molar-refractivity contribution in [2.45, 2.75) is 32.5 Å². The number of aromatic nitrogens is 1. The van der Waals surface area contributed by atoms with E-state index in [2.05, 4.69) is 4.98 Å². The third kappa shape index (κ3) is 4.05. The molecule has 0 N–H and O–H groups in total. The maximum absolute atomic E-state index is 12.4. The van der Waals surface area contributed by atoms with Gasteiger partial charge in [-0.15, -0.1) is 11.6 Å². The Morgan fingerprint density at radius 1 is 1.33 bits per heavy atom. The fraction of sp³-hybridized carbons (Fsp3) is 0.583. The number of anilines is 1. The third-order valence-corrected chi connectivity index (χ3v) is 2.79. The first-order valence-electron chi connectivity index (χ1n) is 5.72. The molecule has 0 aliphatic rings. The molecule has 0 spiro atoms. The molecule has 0 radical (unpaired) electrons. The van der Waals surface area contributed by atoms with E-state index in [0.717, 1.165) is 18.7 Å². The Morgan fingerprint density at radius 2 is 2.00 bits per heavy atom. The van der Waals surface area contributed by atoms with E-state index in [1.165, 1.54) is 6.07 Å². The van der Waals surface area contributed by atoms with E-state index in [0.29, 0.717) is 18.2 Å². The lowest BCUT2D eigenvalue weighted by Crippen LogP contribution is -2.32. The van der Waals surface area contributed by atoms with E-state index in [-0.39, 0.29) is 6.04 Å². The molecule has 0 aliphatic heterocycles. The summed E-state index contributed by atoms with van der Waals surface area (Å²) in [5, 5.41) is 0. The van der Waals surface area contributed by atoms with Crippen molar-refractivity contribution in [1.82, 2.24) is 4.98 Å². The van der Waals surface area contributed by atoms with Gasteiger partial charge in [-0.2, -0.15) is 13.2 Å². The molecule has 0 unspecified atom stereocenters.